The molecule has 0 radical (unpaired) electrons. The van der Waals surface area contributed by atoms with Crippen LogP contribution in [-0.2, 0) is 4.79 Å². The van der Waals surface area contributed by atoms with Crippen molar-refractivity contribution in [1.82, 2.24) is 10.6 Å². The Morgan fingerprint density at radius 2 is 2.46 bits per heavy atom. The number of carbonyl (C=O) groups excluding carboxylic acids is 1. The van der Waals surface area contributed by atoms with E-state index in [2.05, 4.69) is 10.6 Å². The predicted molar refractivity (Wildman–Crippen MR) is 47.1 cm³/mol. The highest BCUT2D eigenvalue weighted by Crippen LogP contribution is 2.17. The quantitative estimate of drug-likeness (QED) is 0.412. The second-order valence-corrected chi connectivity index (χ2v) is 3.48. The lowest BCUT2D eigenvalue weighted by Crippen LogP contribution is -2.59. The number of piperidine rings is 1. The number of hydrogen-bond acceptors (Lipinski definition) is 4. The summed E-state index contributed by atoms with van der Waals surface area (Å²) in [6.07, 6.45) is -0.359. The Kier molecular flexibility index (Phi) is 3.24. The van der Waals surface area contributed by atoms with Gasteiger partial charge in [-0.2, -0.15) is 0 Å². The highest BCUT2D eigenvalue weighted by atomic mass is 16.3. The zero-order chi connectivity index (χ0) is 9.90. The molecular weight excluding hydrogens is 172 g/mol. The van der Waals surface area contributed by atoms with Gasteiger partial charge in [0.2, 0.25) is 5.91 Å². The Bertz CT molecular complexity index is 198. The molecule has 5 nitrogen and oxygen atoms in total. The largest absolute Gasteiger partial charge is 0.389 e. The molecule has 0 aromatic rings. The second kappa shape index (κ2) is 4.04. The Morgan fingerprint density at radius 1 is 1.77 bits per heavy atom. The van der Waals surface area contributed by atoms with E-state index in [1.807, 2.05) is 0 Å². The Hall–Kier alpha value is -0.650. The molecule has 1 amide bonds. The van der Waals surface area contributed by atoms with Gasteiger partial charge in [-0.25, -0.2) is 0 Å². The van der Waals surface area contributed by atoms with Crippen LogP contribution in [0, 0.1) is 0 Å². The zero-order valence-corrected chi connectivity index (χ0v) is 7.71. The van der Waals surface area contributed by atoms with Crippen molar-refractivity contribution in [2.24, 2.45) is 0 Å². The monoisotopic (exact) mass is 188 g/mol. The number of rotatable bonds is 2. The molecule has 5 heteroatoms. The van der Waals surface area contributed by atoms with Crippen LogP contribution in [0.3, 0.4) is 0 Å². The van der Waals surface area contributed by atoms with Crippen LogP contribution in [0.5, 0.6) is 0 Å². The first kappa shape index (κ1) is 10.4. The van der Waals surface area contributed by atoms with Gasteiger partial charge in [-0.15, -0.1) is 0 Å². The number of nitrogens with one attached hydrogen (secondary N) is 2. The summed E-state index contributed by atoms with van der Waals surface area (Å²) < 4.78 is 0. The molecule has 0 saturated carbocycles. The molecule has 1 aliphatic heterocycles. The van der Waals surface area contributed by atoms with E-state index in [1.54, 1.807) is 0 Å². The van der Waals surface area contributed by atoms with Crippen molar-refractivity contribution in [3.63, 3.8) is 0 Å². The molecule has 2 atom stereocenters. The van der Waals surface area contributed by atoms with Crippen LogP contribution in [0.1, 0.15) is 13.3 Å². The molecule has 0 aromatic heterocycles. The van der Waals surface area contributed by atoms with Crippen molar-refractivity contribution in [2.75, 3.05) is 19.6 Å². The molecule has 13 heavy (non-hydrogen) atoms. The maximum Gasteiger partial charge on any atom is 0.216 e. The highest BCUT2D eigenvalue weighted by Gasteiger charge is 2.37. The summed E-state index contributed by atoms with van der Waals surface area (Å²) in [6.45, 7) is 2.53. The van der Waals surface area contributed by atoms with E-state index in [1.165, 1.54) is 6.92 Å². The van der Waals surface area contributed by atoms with Gasteiger partial charge in [0.05, 0.1) is 6.10 Å². The molecule has 1 rings (SSSR count). The lowest BCUT2D eigenvalue weighted by molar-refractivity contribution is -0.124. The third-order valence-corrected chi connectivity index (χ3v) is 2.34. The standard InChI is InChI=1S/C8H16N2O3/c1-6(11)10-5-8(13)2-3-9-4-7(8)12/h7,9,12-13H,2-5H2,1H3,(H,10,11)/t7-,8-/m1/s1. The second-order valence-electron chi connectivity index (χ2n) is 3.48. The number of aliphatic hydroxyl groups is 2. The molecule has 0 aromatic carbocycles. The third kappa shape index (κ3) is 2.65. The van der Waals surface area contributed by atoms with E-state index in [0.717, 1.165) is 0 Å². The summed E-state index contributed by atoms with van der Waals surface area (Å²) in [4.78, 5) is 10.6. The van der Waals surface area contributed by atoms with Gasteiger partial charge in [-0.3, -0.25) is 4.79 Å². The molecular formula is C8H16N2O3. The van der Waals surface area contributed by atoms with E-state index >= 15 is 0 Å². The van der Waals surface area contributed by atoms with Crippen LogP contribution in [0.2, 0.25) is 0 Å². The Labute approximate surface area is 77.1 Å². The minimum atomic E-state index is -1.17. The van der Waals surface area contributed by atoms with Gasteiger partial charge in [0.1, 0.15) is 5.60 Å². The van der Waals surface area contributed by atoms with E-state index in [9.17, 15) is 15.0 Å². The number of carbonyl (C=O) groups is 1. The first-order valence-corrected chi connectivity index (χ1v) is 4.40. The van der Waals surface area contributed by atoms with E-state index in [4.69, 9.17) is 0 Å². The molecule has 0 unspecified atom stereocenters. The summed E-state index contributed by atoms with van der Waals surface area (Å²) in [5, 5.41) is 24.8. The molecule has 1 saturated heterocycles. The van der Waals surface area contributed by atoms with Gasteiger partial charge < -0.3 is 20.8 Å². The topological polar surface area (TPSA) is 81.6 Å². The first-order chi connectivity index (χ1) is 6.04. The third-order valence-electron chi connectivity index (χ3n) is 2.34. The van der Waals surface area contributed by atoms with Gasteiger partial charge in [-0.1, -0.05) is 0 Å². The summed E-state index contributed by atoms with van der Waals surface area (Å²) in [7, 11) is 0. The van der Waals surface area contributed by atoms with Crippen LogP contribution in [0.15, 0.2) is 0 Å². The number of hydrogen-bond donors (Lipinski definition) is 4. The van der Waals surface area contributed by atoms with E-state index in [0.29, 0.717) is 19.5 Å². The van der Waals surface area contributed by atoms with Gasteiger partial charge >= 0.3 is 0 Å². The van der Waals surface area contributed by atoms with Crippen molar-refractivity contribution in [3.8, 4) is 0 Å². The van der Waals surface area contributed by atoms with Gasteiger partial charge in [-0.05, 0) is 13.0 Å². The minimum absolute atomic E-state index is 0.116. The molecule has 0 spiro atoms. The van der Waals surface area contributed by atoms with Crippen molar-refractivity contribution in [1.29, 1.82) is 0 Å². The van der Waals surface area contributed by atoms with Crippen LogP contribution in [0.4, 0.5) is 0 Å². The lowest BCUT2D eigenvalue weighted by atomic mass is 9.89. The molecule has 1 fully saturated rings. The molecule has 0 bridgehead atoms. The van der Waals surface area contributed by atoms with Gasteiger partial charge in [0.15, 0.2) is 0 Å². The van der Waals surface area contributed by atoms with E-state index < -0.39 is 11.7 Å². The summed E-state index contributed by atoms with van der Waals surface area (Å²) in [5.74, 6) is -0.195. The maximum absolute atomic E-state index is 10.6. The highest BCUT2D eigenvalue weighted by molar-refractivity contribution is 5.72. The fraction of sp³-hybridized carbons (Fsp3) is 0.875. The molecule has 76 valence electrons. The summed E-state index contributed by atoms with van der Waals surface area (Å²) >= 11 is 0. The number of amides is 1. The molecule has 4 N–H and O–H groups in total. The van der Waals surface area contributed by atoms with E-state index in [-0.39, 0.29) is 12.5 Å². The fourth-order valence-electron chi connectivity index (χ4n) is 1.38. The average Bonchev–Trinajstić information content (AvgIpc) is 2.07. The number of aliphatic hydroxyl groups excluding tert-OH is 1. The maximum atomic E-state index is 10.6. The normalized spacial score (nSPS) is 34.2. The Morgan fingerprint density at radius 3 is 3.00 bits per heavy atom. The predicted octanol–water partition coefficient (Wildman–Crippen LogP) is -1.79. The number of β-amino-alcohol motifs (C(OH)–C–C–N with tert-alkyl or cyclic N) is 1. The van der Waals surface area contributed by atoms with Crippen LogP contribution in [-0.4, -0.2) is 47.5 Å². The summed E-state index contributed by atoms with van der Waals surface area (Å²) in [6, 6.07) is 0. The van der Waals surface area contributed by atoms with Crippen molar-refractivity contribution >= 4 is 5.91 Å². The summed E-state index contributed by atoms with van der Waals surface area (Å²) in [5.41, 5.74) is -1.17. The van der Waals surface area contributed by atoms with Crippen molar-refractivity contribution in [3.05, 3.63) is 0 Å². The molecule has 0 aliphatic carbocycles. The smallest absolute Gasteiger partial charge is 0.216 e. The molecule has 1 aliphatic rings. The van der Waals surface area contributed by atoms with Gasteiger partial charge in [0.25, 0.3) is 0 Å². The van der Waals surface area contributed by atoms with Crippen LogP contribution >= 0.6 is 0 Å². The van der Waals surface area contributed by atoms with Crippen LogP contribution < -0.4 is 10.6 Å². The van der Waals surface area contributed by atoms with Crippen molar-refractivity contribution in [2.45, 2.75) is 25.0 Å². The lowest BCUT2D eigenvalue weighted by Gasteiger charge is -2.37. The zero-order valence-electron chi connectivity index (χ0n) is 7.71. The van der Waals surface area contributed by atoms with Crippen LogP contribution in [0.25, 0.3) is 0 Å². The van der Waals surface area contributed by atoms with Crippen molar-refractivity contribution < 1.29 is 15.0 Å². The SMILES string of the molecule is CC(=O)NC[C@]1(O)CCNC[C@H]1O. The average molecular weight is 188 g/mol. The molecule has 1 heterocycles. The Balaban J connectivity index is 2.46. The van der Waals surface area contributed by atoms with Gasteiger partial charge in [0, 0.05) is 20.0 Å². The first-order valence-electron chi connectivity index (χ1n) is 4.40. The fourth-order valence-corrected chi connectivity index (χ4v) is 1.38. The minimum Gasteiger partial charge on any atom is -0.389 e.